The van der Waals surface area contributed by atoms with Crippen molar-refractivity contribution in [3.8, 4) is 0 Å². The molecule has 0 aliphatic rings. The van der Waals surface area contributed by atoms with Crippen LogP contribution in [-0.2, 0) is 4.79 Å². The summed E-state index contributed by atoms with van der Waals surface area (Å²) in [7, 11) is 0. The van der Waals surface area contributed by atoms with E-state index in [0.29, 0.717) is 24.7 Å². The second-order valence-electron chi connectivity index (χ2n) is 4.79. The molecule has 0 saturated heterocycles. The topological polar surface area (TPSA) is 37.3 Å². The normalized spacial score (nSPS) is 12.5. The van der Waals surface area contributed by atoms with Gasteiger partial charge in [-0.15, -0.1) is 0 Å². The zero-order valence-electron chi connectivity index (χ0n) is 9.21. The molecule has 0 aromatic rings. The summed E-state index contributed by atoms with van der Waals surface area (Å²) >= 11 is 0. The van der Waals surface area contributed by atoms with Crippen LogP contribution >= 0.6 is 0 Å². The molecular formula is C11H22O2. The molecule has 0 spiro atoms. The van der Waals surface area contributed by atoms with E-state index in [0.717, 1.165) is 6.29 Å². The highest BCUT2D eigenvalue weighted by molar-refractivity contribution is 5.51. The number of carbonyl (C=O) groups is 1. The summed E-state index contributed by atoms with van der Waals surface area (Å²) in [5, 5.41) is 10.1. The van der Waals surface area contributed by atoms with Crippen LogP contribution in [0.5, 0.6) is 0 Å². The molecule has 13 heavy (non-hydrogen) atoms. The van der Waals surface area contributed by atoms with Gasteiger partial charge in [0.2, 0.25) is 0 Å². The lowest BCUT2D eigenvalue weighted by Gasteiger charge is -2.29. The molecule has 2 nitrogen and oxygen atoms in total. The van der Waals surface area contributed by atoms with Crippen LogP contribution in [-0.4, -0.2) is 17.0 Å². The van der Waals surface area contributed by atoms with E-state index in [4.69, 9.17) is 0 Å². The Labute approximate surface area is 81.3 Å². The molecule has 0 radical (unpaired) electrons. The molecule has 0 unspecified atom stereocenters. The van der Waals surface area contributed by atoms with E-state index in [-0.39, 0.29) is 6.42 Å². The Morgan fingerprint density at radius 2 is 1.54 bits per heavy atom. The highest BCUT2D eigenvalue weighted by Gasteiger charge is 2.28. The maximum Gasteiger partial charge on any atom is 0.122 e. The smallest absolute Gasteiger partial charge is 0.122 e. The van der Waals surface area contributed by atoms with Crippen LogP contribution in [0.4, 0.5) is 0 Å². The van der Waals surface area contributed by atoms with Gasteiger partial charge in [0.15, 0.2) is 0 Å². The van der Waals surface area contributed by atoms with Crippen molar-refractivity contribution in [2.45, 2.75) is 52.6 Å². The highest BCUT2D eigenvalue weighted by Crippen LogP contribution is 2.27. The van der Waals surface area contributed by atoms with E-state index in [1.165, 1.54) is 0 Å². The summed E-state index contributed by atoms with van der Waals surface area (Å²) in [5.74, 6) is 0.868. The Balaban J connectivity index is 4.23. The van der Waals surface area contributed by atoms with E-state index >= 15 is 0 Å². The van der Waals surface area contributed by atoms with Crippen LogP contribution in [0.1, 0.15) is 47.0 Å². The van der Waals surface area contributed by atoms with Gasteiger partial charge in [0.1, 0.15) is 6.29 Å². The Hall–Kier alpha value is -0.370. The molecule has 0 bridgehead atoms. The first-order valence-corrected chi connectivity index (χ1v) is 5.05. The minimum atomic E-state index is -0.774. The molecule has 0 aromatic carbocycles. The molecule has 0 saturated carbocycles. The van der Waals surface area contributed by atoms with Gasteiger partial charge in [0, 0.05) is 6.42 Å². The van der Waals surface area contributed by atoms with E-state index < -0.39 is 5.60 Å². The Bertz CT molecular complexity index is 140. The number of hydrogen-bond donors (Lipinski definition) is 1. The van der Waals surface area contributed by atoms with Crippen LogP contribution in [0, 0.1) is 11.8 Å². The van der Waals surface area contributed by atoms with Crippen molar-refractivity contribution in [2.24, 2.45) is 11.8 Å². The third-order valence-electron chi connectivity index (χ3n) is 2.04. The molecule has 1 N–H and O–H groups in total. The summed E-state index contributed by atoms with van der Waals surface area (Å²) in [4.78, 5) is 10.4. The maximum atomic E-state index is 10.4. The Morgan fingerprint density at radius 3 is 1.77 bits per heavy atom. The molecule has 0 heterocycles. The average molecular weight is 186 g/mol. The zero-order chi connectivity index (χ0) is 10.5. The monoisotopic (exact) mass is 186 g/mol. The van der Waals surface area contributed by atoms with Gasteiger partial charge < -0.3 is 9.90 Å². The number of carbonyl (C=O) groups excluding carboxylic acids is 1. The van der Waals surface area contributed by atoms with Crippen LogP contribution in [0.2, 0.25) is 0 Å². The minimum absolute atomic E-state index is 0.267. The van der Waals surface area contributed by atoms with Crippen molar-refractivity contribution in [1.82, 2.24) is 0 Å². The van der Waals surface area contributed by atoms with Gasteiger partial charge in [-0.2, -0.15) is 0 Å². The van der Waals surface area contributed by atoms with Crippen molar-refractivity contribution in [3.05, 3.63) is 0 Å². The summed E-state index contributed by atoms with van der Waals surface area (Å²) in [5.41, 5.74) is -0.774. The number of aliphatic hydroxyl groups is 1. The molecular weight excluding hydrogens is 164 g/mol. The Kier molecular flexibility index (Phi) is 5.23. The van der Waals surface area contributed by atoms with Gasteiger partial charge in [0.05, 0.1) is 5.60 Å². The summed E-state index contributed by atoms with van der Waals surface area (Å²) in [6.45, 7) is 8.26. The minimum Gasteiger partial charge on any atom is -0.389 e. The van der Waals surface area contributed by atoms with Crippen molar-refractivity contribution in [3.63, 3.8) is 0 Å². The van der Waals surface area contributed by atoms with Gasteiger partial charge in [0.25, 0.3) is 0 Å². The van der Waals surface area contributed by atoms with E-state index in [1.54, 1.807) is 0 Å². The second-order valence-corrected chi connectivity index (χ2v) is 4.79. The first-order chi connectivity index (χ1) is 5.89. The zero-order valence-corrected chi connectivity index (χ0v) is 9.21. The van der Waals surface area contributed by atoms with E-state index in [9.17, 15) is 9.90 Å². The van der Waals surface area contributed by atoms with Gasteiger partial charge in [-0.25, -0.2) is 0 Å². The van der Waals surface area contributed by atoms with Crippen LogP contribution in [0.15, 0.2) is 0 Å². The first-order valence-electron chi connectivity index (χ1n) is 5.05. The van der Waals surface area contributed by atoms with E-state index in [2.05, 4.69) is 27.7 Å². The van der Waals surface area contributed by atoms with Gasteiger partial charge in [-0.3, -0.25) is 0 Å². The molecule has 0 rings (SSSR count). The lowest BCUT2D eigenvalue weighted by atomic mass is 9.83. The summed E-state index contributed by atoms with van der Waals surface area (Å²) in [6, 6.07) is 0. The molecule has 0 atom stereocenters. The fourth-order valence-electron chi connectivity index (χ4n) is 1.92. The fourth-order valence-corrected chi connectivity index (χ4v) is 1.92. The average Bonchev–Trinajstić information content (AvgIpc) is 1.81. The first kappa shape index (κ1) is 12.6. The van der Waals surface area contributed by atoms with Crippen molar-refractivity contribution in [1.29, 1.82) is 0 Å². The molecule has 78 valence electrons. The maximum absolute atomic E-state index is 10.4. The number of aldehydes is 1. The second kappa shape index (κ2) is 5.38. The molecule has 0 amide bonds. The van der Waals surface area contributed by atoms with Crippen LogP contribution in [0.3, 0.4) is 0 Å². The molecule has 0 fully saturated rings. The van der Waals surface area contributed by atoms with Gasteiger partial charge >= 0.3 is 0 Å². The molecule has 0 aliphatic carbocycles. The van der Waals surface area contributed by atoms with E-state index in [1.807, 2.05) is 0 Å². The third kappa shape index (κ3) is 5.81. The van der Waals surface area contributed by atoms with Gasteiger partial charge in [-0.05, 0) is 24.7 Å². The largest absolute Gasteiger partial charge is 0.389 e. The molecule has 2 heteroatoms. The SMILES string of the molecule is CC(C)CC(O)(CC=O)CC(C)C. The van der Waals surface area contributed by atoms with Crippen LogP contribution in [0.25, 0.3) is 0 Å². The fraction of sp³-hybridized carbons (Fsp3) is 0.909. The number of hydrogen-bond acceptors (Lipinski definition) is 2. The quantitative estimate of drug-likeness (QED) is 0.647. The highest BCUT2D eigenvalue weighted by atomic mass is 16.3. The Morgan fingerprint density at radius 1 is 1.15 bits per heavy atom. The van der Waals surface area contributed by atoms with Crippen molar-refractivity contribution < 1.29 is 9.90 Å². The predicted octanol–water partition coefficient (Wildman–Crippen LogP) is 2.40. The lowest BCUT2D eigenvalue weighted by Crippen LogP contribution is -2.32. The molecule has 0 aromatic heterocycles. The standard InChI is InChI=1S/C11H22O2/c1-9(2)7-11(13,5-6-12)8-10(3)4/h6,9-10,13H,5,7-8H2,1-4H3. The van der Waals surface area contributed by atoms with Crippen LogP contribution < -0.4 is 0 Å². The molecule has 0 aliphatic heterocycles. The predicted molar refractivity (Wildman–Crippen MR) is 54.5 cm³/mol. The number of rotatable bonds is 6. The summed E-state index contributed by atoms with van der Waals surface area (Å²) < 4.78 is 0. The summed E-state index contributed by atoms with van der Waals surface area (Å²) in [6.07, 6.45) is 2.52. The van der Waals surface area contributed by atoms with Crippen molar-refractivity contribution in [2.75, 3.05) is 0 Å². The lowest BCUT2D eigenvalue weighted by molar-refractivity contribution is -0.113. The van der Waals surface area contributed by atoms with Crippen molar-refractivity contribution >= 4 is 6.29 Å². The van der Waals surface area contributed by atoms with Gasteiger partial charge in [-0.1, -0.05) is 27.7 Å². The third-order valence-corrected chi connectivity index (χ3v) is 2.04.